The van der Waals surface area contributed by atoms with E-state index < -0.39 is 0 Å². The molecule has 0 radical (unpaired) electrons. The summed E-state index contributed by atoms with van der Waals surface area (Å²) in [5, 5.41) is 3.21. The van der Waals surface area contributed by atoms with E-state index in [0.29, 0.717) is 11.6 Å². The van der Waals surface area contributed by atoms with Crippen molar-refractivity contribution in [3.05, 3.63) is 33.7 Å². The van der Waals surface area contributed by atoms with Crippen LogP contribution in [0.2, 0.25) is 0 Å². The number of aromatic nitrogens is 1. The SMILES string of the molecule is CNC1CCCN(C(=O)c2c[nH]c(=O)cc2C)C1. The van der Waals surface area contributed by atoms with Gasteiger partial charge in [-0.1, -0.05) is 0 Å². The number of hydrogen-bond donors (Lipinski definition) is 2. The smallest absolute Gasteiger partial charge is 0.255 e. The molecule has 1 amide bonds. The molecule has 18 heavy (non-hydrogen) atoms. The third-order valence-corrected chi connectivity index (χ3v) is 3.48. The quantitative estimate of drug-likeness (QED) is 0.802. The van der Waals surface area contributed by atoms with Crippen LogP contribution in [0.1, 0.15) is 28.8 Å². The fourth-order valence-electron chi connectivity index (χ4n) is 2.37. The summed E-state index contributed by atoms with van der Waals surface area (Å²) in [4.78, 5) is 27.9. The second-order valence-electron chi connectivity index (χ2n) is 4.77. The maximum atomic E-state index is 12.4. The van der Waals surface area contributed by atoms with E-state index in [9.17, 15) is 9.59 Å². The number of aromatic amines is 1. The van der Waals surface area contributed by atoms with E-state index in [0.717, 1.165) is 31.5 Å². The number of pyridine rings is 1. The molecule has 5 heteroatoms. The fraction of sp³-hybridized carbons (Fsp3) is 0.538. The number of carbonyl (C=O) groups excluding carboxylic acids is 1. The van der Waals surface area contributed by atoms with Crippen molar-refractivity contribution >= 4 is 5.91 Å². The number of carbonyl (C=O) groups is 1. The molecule has 0 aliphatic carbocycles. The van der Waals surface area contributed by atoms with Gasteiger partial charge in [-0.05, 0) is 32.4 Å². The summed E-state index contributed by atoms with van der Waals surface area (Å²) in [5.74, 6) is 0.00343. The van der Waals surface area contributed by atoms with Crippen molar-refractivity contribution in [3.63, 3.8) is 0 Å². The standard InChI is InChI=1S/C13H19N3O2/c1-9-6-12(17)15-7-11(9)13(18)16-5-3-4-10(8-16)14-2/h6-7,10,14H,3-5,8H2,1-2H3,(H,15,17). The Morgan fingerprint density at radius 3 is 3.00 bits per heavy atom. The van der Waals surface area contributed by atoms with Crippen molar-refractivity contribution in [2.45, 2.75) is 25.8 Å². The number of likely N-dealkylation sites (tertiary alicyclic amines) is 1. The number of hydrogen-bond acceptors (Lipinski definition) is 3. The van der Waals surface area contributed by atoms with Gasteiger partial charge >= 0.3 is 0 Å². The average Bonchev–Trinajstić information content (AvgIpc) is 2.38. The lowest BCUT2D eigenvalue weighted by molar-refractivity contribution is 0.0697. The minimum absolute atomic E-state index is 0.00343. The first kappa shape index (κ1) is 12.8. The minimum Gasteiger partial charge on any atom is -0.337 e. The number of nitrogens with zero attached hydrogens (tertiary/aromatic N) is 1. The van der Waals surface area contributed by atoms with Crippen LogP contribution in [0, 0.1) is 6.92 Å². The Bertz CT molecular complexity index is 495. The van der Waals surface area contributed by atoms with Gasteiger partial charge in [0.05, 0.1) is 5.56 Å². The van der Waals surface area contributed by atoms with Crippen LogP contribution in [-0.2, 0) is 0 Å². The number of nitrogens with one attached hydrogen (secondary N) is 2. The van der Waals surface area contributed by atoms with Gasteiger partial charge in [0, 0.05) is 31.4 Å². The Hall–Kier alpha value is -1.62. The van der Waals surface area contributed by atoms with Crippen LogP contribution in [0.3, 0.4) is 0 Å². The molecule has 0 bridgehead atoms. The lowest BCUT2D eigenvalue weighted by atomic mass is 10.0. The molecule has 1 saturated heterocycles. The lowest BCUT2D eigenvalue weighted by Crippen LogP contribution is -2.47. The van der Waals surface area contributed by atoms with Gasteiger partial charge in [-0.2, -0.15) is 0 Å². The maximum absolute atomic E-state index is 12.4. The Kier molecular flexibility index (Phi) is 3.81. The van der Waals surface area contributed by atoms with Gasteiger partial charge in [0.25, 0.3) is 5.91 Å². The molecule has 2 rings (SSSR count). The predicted octanol–water partition coefficient (Wildman–Crippen LogP) is 0.507. The van der Waals surface area contributed by atoms with E-state index in [1.807, 2.05) is 11.9 Å². The number of amides is 1. The highest BCUT2D eigenvalue weighted by Crippen LogP contribution is 2.14. The first-order valence-corrected chi connectivity index (χ1v) is 6.27. The zero-order valence-corrected chi connectivity index (χ0v) is 10.8. The molecule has 2 heterocycles. The summed E-state index contributed by atoms with van der Waals surface area (Å²) in [6.45, 7) is 3.31. The van der Waals surface area contributed by atoms with Gasteiger partial charge in [-0.3, -0.25) is 9.59 Å². The van der Waals surface area contributed by atoms with E-state index in [-0.39, 0.29) is 11.5 Å². The van der Waals surface area contributed by atoms with Crippen LogP contribution in [0.4, 0.5) is 0 Å². The lowest BCUT2D eigenvalue weighted by Gasteiger charge is -2.32. The van der Waals surface area contributed by atoms with E-state index >= 15 is 0 Å². The van der Waals surface area contributed by atoms with Crippen molar-refractivity contribution in [1.82, 2.24) is 15.2 Å². The number of aryl methyl sites for hydroxylation is 1. The van der Waals surface area contributed by atoms with Crippen molar-refractivity contribution in [2.75, 3.05) is 20.1 Å². The molecule has 0 spiro atoms. The predicted molar refractivity (Wildman–Crippen MR) is 69.8 cm³/mol. The molecule has 1 unspecified atom stereocenters. The third kappa shape index (κ3) is 2.61. The van der Waals surface area contributed by atoms with Crippen LogP contribution in [0.5, 0.6) is 0 Å². The van der Waals surface area contributed by atoms with Crippen LogP contribution in [-0.4, -0.2) is 42.0 Å². The molecule has 0 saturated carbocycles. The molecule has 1 aromatic rings. The van der Waals surface area contributed by atoms with Crippen LogP contribution in [0.25, 0.3) is 0 Å². The van der Waals surface area contributed by atoms with Gasteiger partial charge in [-0.25, -0.2) is 0 Å². The van der Waals surface area contributed by atoms with E-state index in [4.69, 9.17) is 0 Å². The highest BCUT2D eigenvalue weighted by Gasteiger charge is 2.24. The number of piperidine rings is 1. The zero-order valence-electron chi connectivity index (χ0n) is 10.8. The van der Waals surface area contributed by atoms with Crippen molar-refractivity contribution < 1.29 is 4.79 Å². The molecule has 1 aliphatic heterocycles. The Labute approximate surface area is 106 Å². The number of likely N-dealkylation sites (N-methyl/N-ethyl adjacent to an activating group) is 1. The monoisotopic (exact) mass is 249 g/mol. The second kappa shape index (κ2) is 5.35. The van der Waals surface area contributed by atoms with Gasteiger partial charge in [0.1, 0.15) is 0 Å². The largest absolute Gasteiger partial charge is 0.337 e. The van der Waals surface area contributed by atoms with Crippen LogP contribution < -0.4 is 10.9 Å². The van der Waals surface area contributed by atoms with Crippen molar-refractivity contribution in [2.24, 2.45) is 0 Å². The molecule has 1 atom stereocenters. The Morgan fingerprint density at radius 1 is 1.56 bits per heavy atom. The first-order valence-electron chi connectivity index (χ1n) is 6.27. The maximum Gasteiger partial charge on any atom is 0.255 e. The Morgan fingerprint density at radius 2 is 2.33 bits per heavy atom. The summed E-state index contributed by atoms with van der Waals surface area (Å²) in [6.07, 6.45) is 3.63. The number of rotatable bonds is 2. The molecular weight excluding hydrogens is 230 g/mol. The molecule has 0 aromatic carbocycles. The third-order valence-electron chi connectivity index (χ3n) is 3.48. The first-order chi connectivity index (χ1) is 8.61. The molecule has 1 fully saturated rings. The molecule has 1 aliphatic rings. The van der Waals surface area contributed by atoms with E-state index in [2.05, 4.69) is 10.3 Å². The fourth-order valence-corrected chi connectivity index (χ4v) is 2.37. The van der Waals surface area contributed by atoms with E-state index in [1.54, 1.807) is 6.92 Å². The molecule has 2 N–H and O–H groups in total. The molecule has 1 aromatic heterocycles. The Balaban J connectivity index is 2.17. The second-order valence-corrected chi connectivity index (χ2v) is 4.77. The van der Waals surface area contributed by atoms with Crippen LogP contribution >= 0.6 is 0 Å². The summed E-state index contributed by atoms with van der Waals surface area (Å²) >= 11 is 0. The van der Waals surface area contributed by atoms with Gasteiger partial charge < -0.3 is 15.2 Å². The summed E-state index contributed by atoms with van der Waals surface area (Å²) < 4.78 is 0. The van der Waals surface area contributed by atoms with Crippen molar-refractivity contribution in [1.29, 1.82) is 0 Å². The highest BCUT2D eigenvalue weighted by molar-refractivity contribution is 5.95. The summed E-state index contributed by atoms with van der Waals surface area (Å²) in [6, 6.07) is 1.83. The number of H-pyrrole nitrogens is 1. The molecule has 5 nitrogen and oxygen atoms in total. The molecular formula is C13H19N3O2. The summed E-state index contributed by atoms with van der Waals surface area (Å²) in [7, 11) is 1.92. The van der Waals surface area contributed by atoms with Gasteiger partial charge in [0.15, 0.2) is 0 Å². The van der Waals surface area contributed by atoms with Crippen molar-refractivity contribution in [3.8, 4) is 0 Å². The normalized spacial score (nSPS) is 19.9. The molecule has 98 valence electrons. The minimum atomic E-state index is -0.171. The zero-order chi connectivity index (χ0) is 13.1. The van der Waals surface area contributed by atoms with Gasteiger partial charge in [-0.15, -0.1) is 0 Å². The van der Waals surface area contributed by atoms with Gasteiger partial charge in [0.2, 0.25) is 5.56 Å². The highest BCUT2D eigenvalue weighted by atomic mass is 16.2. The average molecular weight is 249 g/mol. The summed E-state index contributed by atoms with van der Waals surface area (Å²) in [5.41, 5.74) is 1.15. The van der Waals surface area contributed by atoms with Crippen LogP contribution in [0.15, 0.2) is 17.1 Å². The van der Waals surface area contributed by atoms with E-state index in [1.165, 1.54) is 12.3 Å². The topological polar surface area (TPSA) is 65.2 Å².